The molecule has 0 heterocycles. The van der Waals surface area contributed by atoms with Gasteiger partial charge >= 0.3 is 0 Å². The van der Waals surface area contributed by atoms with Crippen LogP contribution in [-0.2, 0) is 6.42 Å². The van der Waals surface area contributed by atoms with Gasteiger partial charge in [0.05, 0.1) is 0 Å². The van der Waals surface area contributed by atoms with Crippen molar-refractivity contribution in [2.24, 2.45) is 0 Å². The number of benzene rings is 2. The molecule has 2 aromatic rings. The Morgan fingerprint density at radius 1 is 0.850 bits per heavy atom. The van der Waals surface area contributed by atoms with E-state index in [1.165, 1.54) is 33.4 Å². The van der Waals surface area contributed by atoms with E-state index in [2.05, 4.69) is 69.4 Å². The second-order valence-electron chi connectivity index (χ2n) is 5.83. The molecular formula is C19H25N. The molecule has 2 rings (SSSR count). The SMILES string of the molecule is CNC(Cc1c(C)cc(C)cc1C)c1ccc(C)cc1. The van der Waals surface area contributed by atoms with Gasteiger partial charge in [-0.15, -0.1) is 0 Å². The molecule has 0 spiro atoms. The maximum atomic E-state index is 3.46. The van der Waals surface area contributed by atoms with Gasteiger partial charge in [-0.25, -0.2) is 0 Å². The highest BCUT2D eigenvalue weighted by Crippen LogP contribution is 2.24. The van der Waals surface area contributed by atoms with E-state index >= 15 is 0 Å². The van der Waals surface area contributed by atoms with Gasteiger partial charge in [0.25, 0.3) is 0 Å². The minimum absolute atomic E-state index is 0.371. The number of rotatable bonds is 4. The molecule has 0 fully saturated rings. The Morgan fingerprint density at radius 2 is 1.40 bits per heavy atom. The van der Waals surface area contributed by atoms with Crippen LogP contribution in [0.3, 0.4) is 0 Å². The van der Waals surface area contributed by atoms with Crippen LogP contribution in [0.1, 0.15) is 39.4 Å². The van der Waals surface area contributed by atoms with E-state index in [0.29, 0.717) is 6.04 Å². The standard InChI is InChI=1S/C19H25N/c1-13-6-8-17(9-7-13)19(20-5)12-18-15(3)10-14(2)11-16(18)4/h6-11,19-20H,12H2,1-5H3. The van der Waals surface area contributed by atoms with E-state index in [-0.39, 0.29) is 0 Å². The molecule has 0 aliphatic carbocycles. The Hall–Kier alpha value is -1.60. The van der Waals surface area contributed by atoms with Crippen LogP contribution in [0.15, 0.2) is 36.4 Å². The number of aryl methyl sites for hydroxylation is 4. The molecule has 1 heteroatoms. The van der Waals surface area contributed by atoms with E-state index in [9.17, 15) is 0 Å². The van der Waals surface area contributed by atoms with E-state index in [1.54, 1.807) is 0 Å². The fourth-order valence-corrected chi connectivity index (χ4v) is 2.92. The summed E-state index contributed by atoms with van der Waals surface area (Å²) in [6, 6.07) is 13.8. The first kappa shape index (κ1) is 14.8. The predicted molar refractivity (Wildman–Crippen MR) is 87.3 cm³/mol. The Kier molecular flexibility index (Phi) is 4.61. The van der Waals surface area contributed by atoms with Gasteiger partial charge in [0.1, 0.15) is 0 Å². The second kappa shape index (κ2) is 6.23. The van der Waals surface area contributed by atoms with Gasteiger partial charge in [-0.2, -0.15) is 0 Å². The normalized spacial score (nSPS) is 12.4. The summed E-state index contributed by atoms with van der Waals surface area (Å²) in [5.41, 5.74) is 8.28. The van der Waals surface area contributed by atoms with Crippen molar-refractivity contribution in [3.63, 3.8) is 0 Å². The molecule has 0 aliphatic rings. The average molecular weight is 267 g/mol. The van der Waals surface area contributed by atoms with Gasteiger partial charge in [0, 0.05) is 6.04 Å². The van der Waals surface area contributed by atoms with Gasteiger partial charge in [0.15, 0.2) is 0 Å². The minimum atomic E-state index is 0.371. The van der Waals surface area contributed by atoms with Gasteiger partial charge < -0.3 is 5.32 Å². The number of likely N-dealkylation sites (N-methyl/N-ethyl adjacent to an activating group) is 1. The van der Waals surface area contributed by atoms with Gasteiger partial charge in [-0.05, 0) is 63.4 Å². The number of hydrogen-bond donors (Lipinski definition) is 1. The zero-order valence-electron chi connectivity index (χ0n) is 13.2. The van der Waals surface area contributed by atoms with Gasteiger partial charge in [-0.3, -0.25) is 0 Å². The van der Waals surface area contributed by atoms with Crippen LogP contribution in [-0.4, -0.2) is 7.05 Å². The van der Waals surface area contributed by atoms with Gasteiger partial charge in [-0.1, -0.05) is 47.5 Å². The van der Waals surface area contributed by atoms with Crippen LogP contribution in [0.5, 0.6) is 0 Å². The van der Waals surface area contributed by atoms with Crippen molar-refractivity contribution in [2.45, 2.75) is 40.2 Å². The fourth-order valence-electron chi connectivity index (χ4n) is 2.92. The lowest BCUT2D eigenvalue weighted by molar-refractivity contribution is 0.589. The summed E-state index contributed by atoms with van der Waals surface area (Å²) < 4.78 is 0. The van der Waals surface area contributed by atoms with Crippen molar-refractivity contribution in [3.8, 4) is 0 Å². The lowest BCUT2D eigenvalue weighted by atomic mass is 9.91. The molecule has 1 unspecified atom stereocenters. The quantitative estimate of drug-likeness (QED) is 0.864. The van der Waals surface area contributed by atoms with Crippen LogP contribution in [0.25, 0.3) is 0 Å². The summed E-state index contributed by atoms with van der Waals surface area (Å²) in [5.74, 6) is 0. The lowest BCUT2D eigenvalue weighted by Gasteiger charge is -2.20. The first-order valence-corrected chi connectivity index (χ1v) is 7.32. The molecular weight excluding hydrogens is 242 g/mol. The smallest absolute Gasteiger partial charge is 0.0358 e. The first-order chi connectivity index (χ1) is 9.51. The van der Waals surface area contributed by atoms with Gasteiger partial charge in [0.2, 0.25) is 0 Å². The van der Waals surface area contributed by atoms with Crippen LogP contribution < -0.4 is 5.32 Å². The maximum absolute atomic E-state index is 3.46. The first-order valence-electron chi connectivity index (χ1n) is 7.32. The minimum Gasteiger partial charge on any atom is -0.313 e. The molecule has 0 aromatic heterocycles. The molecule has 1 atom stereocenters. The van der Waals surface area contributed by atoms with E-state index < -0.39 is 0 Å². The van der Waals surface area contributed by atoms with Crippen LogP contribution >= 0.6 is 0 Å². The van der Waals surface area contributed by atoms with Crippen molar-refractivity contribution in [2.75, 3.05) is 7.05 Å². The highest BCUT2D eigenvalue weighted by Gasteiger charge is 2.13. The molecule has 1 nitrogen and oxygen atoms in total. The summed E-state index contributed by atoms with van der Waals surface area (Å²) in [7, 11) is 2.05. The Morgan fingerprint density at radius 3 is 1.90 bits per heavy atom. The third-order valence-corrected chi connectivity index (χ3v) is 4.08. The van der Waals surface area contributed by atoms with Crippen LogP contribution in [0, 0.1) is 27.7 Å². The largest absolute Gasteiger partial charge is 0.313 e. The van der Waals surface area contributed by atoms with Crippen LogP contribution in [0.2, 0.25) is 0 Å². The molecule has 0 bridgehead atoms. The molecule has 0 amide bonds. The monoisotopic (exact) mass is 267 g/mol. The molecule has 1 N–H and O–H groups in total. The van der Waals surface area contributed by atoms with E-state index in [4.69, 9.17) is 0 Å². The Balaban J connectivity index is 2.29. The summed E-state index contributed by atoms with van der Waals surface area (Å²) >= 11 is 0. The Labute approximate surface area is 123 Å². The zero-order valence-corrected chi connectivity index (χ0v) is 13.2. The zero-order chi connectivity index (χ0) is 14.7. The number of hydrogen-bond acceptors (Lipinski definition) is 1. The highest BCUT2D eigenvalue weighted by molar-refractivity contribution is 5.39. The third kappa shape index (κ3) is 3.29. The predicted octanol–water partition coefficient (Wildman–Crippen LogP) is 4.42. The molecule has 0 saturated heterocycles. The lowest BCUT2D eigenvalue weighted by Crippen LogP contribution is -2.19. The molecule has 20 heavy (non-hydrogen) atoms. The van der Waals surface area contributed by atoms with E-state index in [0.717, 1.165) is 6.42 Å². The summed E-state index contributed by atoms with van der Waals surface area (Å²) in [6.45, 7) is 8.74. The Bertz CT molecular complexity index is 558. The molecule has 2 aromatic carbocycles. The van der Waals surface area contributed by atoms with Crippen LogP contribution in [0.4, 0.5) is 0 Å². The summed E-state index contributed by atoms with van der Waals surface area (Å²) in [4.78, 5) is 0. The topological polar surface area (TPSA) is 12.0 Å². The van der Waals surface area contributed by atoms with Crippen molar-refractivity contribution >= 4 is 0 Å². The van der Waals surface area contributed by atoms with Crippen molar-refractivity contribution in [1.29, 1.82) is 0 Å². The number of nitrogens with one attached hydrogen (secondary N) is 1. The van der Waals surface area contributed by atoms with E-state index in [1.807, 2.05) is 7.05 Å². The molecule has 106 valence electrons. The molecule has 0 radical (unpaired) electrons. The second-order valence-corrected chi connectivity index (χ2v) is 5.83. The maximum Gasteiger partial charge on any atom is 0.0358 e. The fraction of sp³-hybridized carbons (Fsp3) is 0.368. The highest BCUT2D eigenvalue weighted by atomic mass is 14.9. The van der Waals surface area contributed by atoms with Crippen molar-refractivity contribution in [3.05, 3.63) is 69.8 Å². The molecule has 0 aliphatic heterocycles. The van der Waals surface area contributed by atoms with Crippen molar-refractivity contribution in [1.82, 2.24) is 5.32 Å². The molecule has 0 saturated carbocycles. The third-order valence-electron chi connectivity index (χ3n) is 4.08. The average Bonchev–Trinajstić information content (AvgIpc) is 2.39. The summed E-state index contributed by atoms with van der Waals surface area (Å²) in [6.07, 6.45) is 1.04. The van der Waals surface area contributed by atoms with Crippen molar-refractivity contribution < 1.29 is 0 Å². The summed E-state index contributed by atoms with van der Waals surface area (Å²) in [5, 5.41) is 3.46.